The summed E-state index contributed by atoms with van der Waals surface area (Å²) in [7, 11) is -2.55. The van der Waals surface area contributed by atoms with E-state index in [1.807, 2.05) is 6.92 Å². The molecule has 0 aliphatic carbocycles. The summed E-state index contributed by atoms with van der Waals surface area (Å²) >= 11 is 0. The number of pyridine rings is 2. The van der Waals surface area contributed by atoms with Gasteiger partial charge in [-0.2, -0.15) is 0 Å². The van der Waals surface area contributed by atoms with Crippen molar-refractivity contribution in [2.75, 3.05) is 43.9 Å². The van der Waals surface area contributed by atoms with Crippen LogP contribution in [-0.2, 0) is 21.0 Å². The van der Waals surface area contributed by atoms with Gasteiger partial charge in [0, 0.05) is 30.7 Å². The molecule has 0 bridgehead atoms. The maximum absolute atomic E-state index is 16.9. The van der Waals surface area contributed by atoms with Gasteiger partial charge in [0.25, 0.3) is 0 Å². The van der Waals surface area contributed by atoms with Crippen molar-refractivity contribution in [1.82, 2.24) is 19.9 Å². The van der Waals surface area contributed by atoms with Gasteiger partial charge in [-0.3, -0.25) is 0 Å². The predicted molar refractivity (Wildman–Crippen MR) is 165 cm³/mol. The van der Waals surface area contributed by atoms with Crippen molar-refractivity contribution in [2.45, 2.75) is 31.5 Å². The van der Waals surface area contributed by atoms with Gasteiger partial charge in [-0.1, -0.05) is 19.1 Å². The van der Waals surface area contributed by atoms with Crippen LogP contribution in [0.2, 0.25) is 0 Å². The smallest absolute Gasteiger partial charge is 0.249 e. The number of nitrogen functional groups attached to an aromatic ring is 1. The summed E-state index contributed by atoms with van der Waals surface area (Å²) in [6, 6.07) is 9.23. The number of rotatable bonds is 8. The fourth-order valence-electron chi connectivity index (χ4n) is 5.67. The molecule has 0 saturated carbocycles. The quantitative estimate of drug-likeness (QED) is 0.181. The molecule has 2 aromatic carbocycles. The number of aromatic nitrogens is 4. The molecule has 0 amide bonds. The van der Waals surface area contributed by atoms with E-state index in [0.29, 0.717) is 34.1 Å². The highest BCUT2D eigenvalue weighted by Crippen LogP contribution is 2.44. The van der Waals surface area contributed by atoms with Crippen LogP contribution in [0.3, 0.4) is 0 Å². The van der Waals surface area contributed by atoms with E-state index in [2.05, 4.69) is 19.9 Å². The van der Waals surface area contributed by atoms with Gasteiger partial charge >= 0.3 is 0 Å². The van der Waals surface area contributed by atoms with Crippen LogP contribution >= 0.6 is 0 Å². The number of benzene rings is 2. The van der Waals surface area contributed by atoms with Crippen molar-refractivity contribution in [3.8, 4) is 22.9 Å². The average molecular weight is 637 g/mol. The molecule has 1 aliphatic rings. The fourth-order valence-corrected chi connectivity index (χ4v) is 6.18. The van der Waals surface area contributed by atoms with Crippen LogP contribution < -0.4 is 20.1 Å². The standard InChI is InChI=1S/C31H30F2N6O5S/c1-5-19-22(32)9-8-17-13-18(44-15-42-3)14-21(23(17)19)26-25(33)27-24-29(38-31(37-27)45(4,40)41)39(11-12-43-30(24)36-26)16(2)20-7-6-10-35-28(20)34/h6-10,13-14,16H,5,11-12,15H2,1-4H3,(H2,34,35). The second-order valence-corrected chi connectivity index (χ2v) is 12.5. The summed E-state index contributed by atoms with van der Waals surface area (Å²) in [5.41, 5.74) is 6.87. The summed E-state index contributed by atoms with van der Waals surface area (Å²) in [6.45, 7) is 3.88. The molecule has 14 heteroatoms. The zero-order chi connectivity index (χ0) is 32.0. The second kappa shape index (κ2) is 11.7. The molecule has 4 heterocycles. The molecule has 11 nitrogen and oxygen atoms in total. The van der Waals surface area contributed by atoms with Crippen molar-refractivity contribution in [3.05, 3.63) is 65.4 Å². The molecule has 234 valence electrons. The van der Waals surface area contributed by atoms with Crippen LogP contribution in [0.5, 0.6) is 11.6 Å². The van der Waals surface area contributed by atoms with Gasteiger partial charge in [0.2, 0.25) is 20.9 Å². The molecule has 1 aliphatic heterocycles. The van der Waals surface area contributed by atoms with Crippen LogP contribution in [0.15, 0.2) is 47.8 Å². The Labute approximate surface area is 257 Å². The topological polar surface area (TPSA) is 143 Å². The van der Waals surface area contributed by atoms with E-state index in [9.17, 15) is 8.42 Å². The van der Waals surface area contributed by atoms with E-state index in [1.54, 1.807) is 48.4 Å². The highest BCUT2D eigenvalue weighted by molar-refractivity contribution is 7.90. The maximum Gasteiger partial charge on any atom is 0.249 e. The third-order valence-corrected chi connectivity index (χ3v) is 8.62. The van der Waals surface area contributed by atoms with Gasteiger partial charge in [0.05, 0.1) is 12.6 Å². The Hall–Kier alpha value is -4.69. The largest absolute Gasteiger partial charge is 0.475 e. The van der Waals surface area contributed by atoms with E-state index in [0.717, 1.165) is 6.26 Å². The number of hydrogen-bond donors (Lipinski definition) is 1. The zero-order valence-electron chi connectivity index (χ0n) is 25.0. The minimum Gasteiger partial charge on any atom is -0.475 e. The van der Waals surface area contributed by atoms with Gasteiger partial charge in [-0.05, 0) is 53.9 Å². The van der Waals surface area contributed by atoms with Gasteiger partial charge in [0.1, 0.15) is 46.4 Å². The molecular formula is C31H30F2N6O5S. The number of fused-ring (bicyclic) bond motifs is 1. The van der Waals surface area contributed by atoms with Crippen molar-refractivity contribution >= 4 is 43.1 Å². The first-order valence-electron chi connectivity index (χ1n) is 14.1. The number of halogens is 2. The van der Waals surface area contributed by atoms with E-state index in [-0.39, 0.29) is 59.6 Å². The molecule has 2 N–H and O–H groups in total. The first kappa shape index (κ1) is 30.3. The molecule has 1 atom stereocenters. The Bertz CT molecular complexity index is 2080. The van der Waals surface area contributed by atoms with E-state index < -0.39 is 32.7 Å². The summed E-state index contributed by atoms with van der Waals surface area (Å²) in [4.78, 5) is 19.1. The Kier molecular flexibility index (Phi) is 7.87. The Balaban J connectivity index is 1.68. The third-order valence-electron chi connectivity index (χ3n) is 7.77. The number of aryl methyl sites for hydroxylation is 1. The second-order valence-electron chi connectivity index (χ2n) is 10.6. The van der Waals surface area contributed by atoms with Crippen molar-refractivity contribution in [3.63, 3.8) is 0 Å². The average Bonchev–Trinajstić information content (AvgIpc) is 3.20. The van der Waals surface area contributed by atoms with Crippen LogP contribution in [0.25, 0.3) is 32.9 Å². The van der Waals surface area contributed by atoms with Crippen LogP contribution in [-0.4, -0.2) is 61.7 Å². The number of nitrogens with zero attached hydrogens (tertiary/aromatic N) is 5. The lowest BCUT2D eigenvalue weighted by atomic mass is 9.94. The molecule has 3 aromatic heterocycles. The number of sulfone groups is 1. The monoisotopic (exact) mass is 636 g/mol. The van der Waals surface area contributed by atoms with E-state index in [1.165, 1.54) is 13.2 Å². The molecule has 0 radical (unpaired) electrons. The van der Waals surface area contributed by atoms with E-state index >= 15 is 8.78 Å². The van der Waals surface area contributed by atoms with Crippen LogP contribution in [0, 0.1) is 11.6 Å². The molecule has 0 saturated heterocycles. The Morgan fingerprint density at radius 1 is 1.13 bits per heavy atom. The molecule has 1 unspecified atom stereocenters. The molecule has 6 rings (SSSR count). The first-order chi connectivity index (χ1) is 21.5. The van der Waals surface area contributed by atoms with Crippen molar-refractivity contribution in [2.24, 2.45) is 0 Å². The fraction of sp³-hybridized carbons (Fsp3) is 0.290. The Morgan fingerprint density at radius 2 is 1.93 bits per heavy atom. The van der Waals surface area contributed by atoms with Gasteiger partial charge < -0.3 is 24.8 Å². The lowest BCUT2D eigenvalue weighted by Gasteiger charge is -2.30. The number of methoxy groups -OCH3 is 1. The van der Waals surface area contributed by atoms with Gasteiger partial charge in [-0.25, -0.2) is 37.1 Å². The third kappa shape index (κ3) is 5.33. The number of anilines is 2. The zero-order valence-corrected chi connectivity index (χ0v) is 25.8. The molecule has 0 fully saturated rings. The SMILES string of the molecule is CCc1c(F)ccc2cc(OCOC)cc(-c3nc4c5c(nc(S(C)(=O)=O)nc5c3F)N(C(C)c3cccnc3N)CCO4)c12. The number of nitrogens with two attached hydrogens (primary N) is 1. The van der Waals surface area contributed by atoms with E-state index in [4.69, 9.17) is 19.9 Å². The highest BCUT2D eigenvalue weighted by atomic mass is 32.2. The summed E-state index contributed by atoms with van der Waals surface area (Å²) in [6.07, 6.45) is 2.82. The minimum atomic E-state index is -4.01. The summed E-state index contributed by atoms with van der Waals surface area (Å²) in [5, 5.41) is 0.522. The summed E-state index contributed by atoms with van der Waals surface area (Å²) in [5.74, 6) is -0.672. The molecule has 5 aromatic rings. The molecule has 45 heavy (non-hydrogen) atoms. The van der Waals surface area contributed by atoms with Crippen molar-refractivity contribution < 1.29 is 31.4 Å². The minimum absolute atomic E-state index is 0.00359. The predicted octanol–water partition coefficient (Wildman–Crippen LogP) is 5.01. The summed E-state index contributed by atoms with van der Waals surface area (Å²) < 4.78 is 74.5. The van der Waals surface area contributed by atoms with Crippen LogP contribution in [0.1, 0.15) is 31.0 Å². The molecular weight excluding hydrogens is 606 g/mol. The molecule has 0 spiro atoms. The normalized spacial score (nSPS) is 14.0. The highest BCUT2D eigenvalue weighted by Gasteiger charge is 2.32. The lowest BCUT2D eigenvalue weighted by Crippen LogP contribution is -2.31. The lowest BCUT2D eigenvalue weighted by molar-refractivity contribution is 0.0512. The van der Waals surface area contributed by atoms with Gasteiger partial charge in [-0.15, -0.1) is 0 Å². The van der Waals surface area contributed by atoms with Crippen LogP contribution in [0.4, 0.5) is 20.4 Å². The maximum atomic E-state index is 16.9. The Morgan fingerprint density at radius 3 is 2.64 bits per heavy atom. The van der Waals surface area contributed by atoms with Crippen molar-refractivity contribution in [1.29, 1.82) is 0 Å². The van der Waals surface area contributed by atoms with Gasteiger partial charge in [0.15, 0.2) is 12.6 Å². The first-order valence-corrected chi connectivity index (χ1v) is 16.0. The number of hydrogen-bond acceptors (Lipinski definition) is 11. The number of ether oxygens (including phenoxy) is 3.